The molecule has 0 aromatic heterocycles. The molecule has 0 aromatic rings. The van der Waals surface area contributed by atoms with Gasteiger partial charge in [-0.05, 0) is 13.0 Å². The molecule has 7 nitrogen and oxygen atoms in total. The summed E-state index contributed by atoms with van der Waals surface area (Å²) in [5, 5.41) is 32.2. The molecular formula is C17H34O7Si. The Morgan fingerprint density at radius 1 is 1.12 bits per heavy atom. The van der Waals surface area contributed by atoms with E-state index in [1.807, 2.05) is 6.92 Å². The average Bonchev–Trinajstić information content (AvgIpc) is 2.51. The van der Waals surface area contributed by atoms with E-state index in [4.69, 9.17) is 18.9 Å². The Kier molecular flexibility index (Phi) is 6.38. The fourth-order valence-corrected chi connectivity index (χ4v) is 4.24. The highest BCUT2D eigenvalue weighted by molar-refractivity contribution is 6.76. The van der Waals surface area contributed by atoms with Crippen molar-refractivity contribution in [2.45, 2.75) is 82.8 Å². The SMILES string of the molecule is CCOCO[C@@H]1[C@@H](O)[C@H](OCC[Si](C)(C)C)O[C@@H]2C(O)C(C)(C)[C@@]21O. The molecule has 1 aliphatic heterocycles. The molecule has 148 valence electrons. The van der Waals surface area contributed by atoms with Crippen molar-refractivity contribution in [1.29, 1.82) is 0 Å². The van der Waals surface area contributed by atoms with Crippen molar-refractivity contribution >= 4 is 8.07 Å². The Hall–Kier alpha value is -0.0631. The average molecular weight is 379 g/mol. The lowest BCUT2D eigenvalue weighted by atomic mass is 9.50. The molecule has 1 aliphatic carbocycles. The molecule has 2 aliphatic rings. The molecule has 2 fully saturated rings. The van der Waals surface area contributed by atoms with Gasteiger partial charge in [0.15, 0.2) is 6.29 Å². The zero-order valence-electron chi connectivity index (χ0n) is 16.2. The molecule has 0 aromatic carbocycles. The Labute approximate surface area is 151 Å². The minimum atomic E-state index is -1.51. The predicted octanol–water partition coefficient (Wildman–Crippen LogP) is 0.938. The molecular weight excluding hydrogens is 344 g/mol. The highest BCUT2D eigenvalue weighted by Crippen LogP contribution is 2.57. The number of hydrogen-bond donors (Lipinski definition) is 3. The third-order valence-electron chi connectivity index (χ3n) is 5.46. The molecule has 1 heterocycles. The van der Waals surface area contributed by atoms with E-state index in [9.17, 15) is 15.3 Å². The van der Waals surface area contributed by atoms with Crippen LogP contribution in [0.4, 0.5) is 0 Å². The molecule has 8 heteroatoms. The van der Waals surface area contributed by atoms with E-state index in [-0.39, 0.29) is 6.79 Å². The summed E-state index contributed by atoms with van der Waals surface area (Å²) in [6.07, 6.45) is -4.82. The number of hydrogen-bond acceptors (Lipinski definition) is 7. The zero-order chi connectivity index (χ0) is 19.0. The lowest BCUT2D eigenvalue weighted by molar-refractivity contribution is -0.429. The Bertz CT molecular complexity index is 453. The first-order valence-corrected chi connectivity index (χ1v) is 12.7. The smallest absolute Gasteiger partial charge is 0.186 e. The minimum Gasteiger partial charge on any atom is -0.390 e. The van der Waals surface area contributed by atoms with Gasteiger partial charge < -0.3 is 34.3 Å². The molecule has 25 heavy (non-hydrogen) atoms. The van der Waals surface area contributed by atoms with Crippen molar-refractivity contribution in [3.05, 3.63) is 0 Å². The van der Waals surface area contributed by atoms with Crippen LogP contribution in [0.15, 0.2) is 0 Å². The van der Waals surface area contributed by atoms with Crippen molar-refractivity contribution in [1.82, 2.24) is 0 Å². The molecule has 0 bridgehead atoms. The van der Waals surface area contributed by atoms with Crippen molar-refractivity contribution in [2.75, 3.05) is 20.0 Å². The summed E-state index contributed by atoms with van der Waals surface area (Å²) >= 11 is 0. The quantitative estimate of drug-likeness (QED) is 0.328. The van der Waals surface area contributed by atoms with Crippen LogP contribution in [0.1, 0.15) is 20.8 Å². The minimum absolute atomic E-state index is 0.0545. The standard InChI is InChI=1S/C17H34O7Si/c1-7-21-10-23-13-11(18)15(22-8-9-25(4,5)6)24-14-12(19)16(2,3)17(13,14)20/h11-15,18-20H,7-10H2,1-6H3/t11-,12?,13-,14-,15-,17+/m1/s1. The maximum atomic E-state index is 11.2. The van der Waals surface area contributed by atoms with Gasteiger partial charge in [-0.15, -0.1) is 0 Å². The van der Waals surface area contributed by atoms with E-state index < -0.39 is 49.8 Å². The summed E-state index contributed by atoms with van der Waals surface area (Å²) in [6.45, 7) is 12.9. The molecule has 1 saturated heterocycles. The van der Waals surface area contributed by atoms with Gasteiger partial charge in [-0.25, -0.2) is 0 Å². The Morgan fingerprint density at radius 3 is 2.32 bits per heavy atom. The molecule has 3 N–H and O–H groups in total. The largest absolute Gasteiger partial charge is 0.390 e. The van der Waals surface area contributed by atoms with Crippen molar-refractivity contribution in [2.24, 2.45) is 5.41 Å². The van der Waals surface area contributed by atoms with Crippen LogP contribution in [-0.2, 0) is 18.9 Å². The van der Waals surface area contributed by atoms with Gasteiger partial charge in [0.25, 0.3) is 0 Å². The van der Waals surface area contributed by atoms with Crippen LogP contribution in [0.3, 0.4) is 0 Å². The fourth-order valence-electron chi connectivity index (χ4n) is 3.51. The highest BCUT2D eigenvalue weighted by atomic mass is 28.3. The summed E-state index contributed by atoms with van der Waals surface area (Å²) in [7, 11) is -1.29. The van der Waals surface area contributed by atoms with Crippen molar-refractivity contribution in [3.8, 4) is 0 Å². The molecule has 2 rings (SSSR count). The first-order chi connectivity index (χ1) is 11.5. The second kappa shape index (κ2) is 7.51. The second-order valence-corrected chi connectivity index (χ2v) is 14.4. The summed E-state index contributed by atoms with van der Waals surface area (Å²) in [5.41, 5.74) is -2.39. The molecule has 0 radical (unpaired) electrons. The van der Waals surface area contributed by atoms with Crippen LogP contribution in [-0.4, -0.2) is 79.7 Å². The molecule has 6 atom stereocenters. The van der Waals surface area contributed by atoms with E-state index in [1.165, 1.54) is 0 Å². The zero-order valence-corrected chi connectivity index (χ0v) is 17.2. The summed E-state index contributed by atoms with van der Waals surface area (Å²) in [6, 6.07) is 0.924. The molecule has 0 spiro atoms. The van der Waals surface area contributed by atoms with Gasteiger partial charge in [0.05, 0.1) is 6.10 Å². The van der Waals surface area contributed by atoms with Gasteiger partial charge in [-0.2, -0.15) is 0 Å². The van der Waals surface area contributed by atoms with Crippen LogP contribution in [0.5, 0.6) is 0 Å². The predicted molar refractivity (Wildman–Crippen MR) is 94.9 cm³/mol. The van der Waals surface area contributed by atoms with E-state index in [1.54, 1.807) is 13.8 Å². The monoisotopic (exact) mass is 378 g/mol. The molecule has 0 amide bonds. The molecule has 1 saturated carbocycles. The summed E-state index contributed by atoms with van der Waals surface area (Å²) < 4.78 is 22.3. The number of rotatable bonds is 8. The van der Waals surface area contributed by atoms with Gasteiger partial charge in [-0.1, -0.05) is 33.5 Å². The van der Waals surface area contributed by atoms with Gasteiger partial charge in [0.2, 0.25) is 0 Å². The van der Waals surface area contributed by atoms with Crippen LogP contribution in [0.2, 0.25) is 25.7 Å². The number of aliphatic hydroxyl groups is 3. The van der Waals surface area contributed by atoms with E-state index in [0.717, 1.165) is 6.04 Å². The van der Waals surface area contributed by atoms with Crippen molar-refractivity contribution in [3.63, 3.8) is 0 Å². The van der Waals surface area contributed by atoms with Gasteiger partial charge in [0.1, 0.15) is 30.7 Å². The third kappa shape index (κ3) is 3.82. The first kappa shape index (κ1) is 21.2. The third-order valence-corrected chi connectivity index (χ3v) is 7.17. The number of aliphatic hydroxyl groups excluding tert-OH is 2. The normalized spacial score (nSPS) is 40.4. The number of fused-ring (bicyclic) bond motifs is 1. The summed E-state index contributed by atoms with van der Waals surface area (Å²) in [4.78, 5) is 0. The first-order valence-electron chi connectivity index (χ1n) is 9.01. The maximum absolute atomic E-state index is 11.2. The lowest BCUT2D eigenvalue weighted by Gasteiger charge is -2.67. The second-order valence-electron chi connectivity index (χ2n) is 8.79. The van der Waals surface area contributed by atoms with Crippen LogP contribution in [0, 0.1) is 5.41 Å². The van der Waals surface area contributed by atoms with Crippen LogP contribution >= 0.6 is 0 Å². The van der Waals surface area contributed by atoms with Gasteiger partial charge >= 0.3 is 0 Å². The Morgan fingerprint density at radius 2 is 1.76 bits per heavy atom. The maximum Gasteiger partial charge on any atom is 0.186 e. The summed E-state index contributed by atoms with van der Waals surface area (Å²) in [5.74, 6) is 0. The van der Waals surface area contributed by atoms with E-state index in [2.05, 4.69) is 19.6 Å². The van der Waals surface area contributed by atoms with E-state index >= 15 is 0 Å². The van der Waals surface area contributed by atoms with Crippen molar-refractivity contribution < 1.29 is 34.3 Å². The molecule has 1 unspecified atom stereocenters. The fraction of sp³-hybridized carbons (Fsp3) is 1.00. The highest BCUT2D eigenvalue weighted by Gasteiger charge is 2.75. The van der Waals surface area contributed by atoms with Crippen LogP contribution < -0.4 is 0 Å². The van der Waals surface area contributed by atoms with E-state index in [0.29, 0.717) is 13.2 Å². The van der Waals surface area contributed by atoms with Gasteiger partial charge in [0, 0.05) is 26.7 Å². The lowest BCUT2D eigenvalue weighted by Crippen LogP contribution is -2.85. The Balaban J connectivity index is 2.11. The number of ether oxygens (including phenoxy) is 4. The van der Waals surface area contributed by atoms with Crippen LogP contribution in [0.25, 0.3) is 0 Å². The topological polar surface area (TPSA) is 97.6 Å². The van der Waals surface area contributed by atoms with Gasteiger partial charge in [-0.3, -0.25) is 0 Å².